The van der Waals surface area contributed by atoms with E-state index in [2.05, 4.69) is 55.3 Å². The van der Waals surface area contributed by atoms with Crippen LogP contribution in [0.25, 0.3) is 6.08 Å². The minimum atomic E-state index is -1.45. The third-order valence-corrected chi connectivity index (χ3v) is 6.34. The number of benzene rings is 3. The topological polar surface area (TPSA) is 93.5 Å². The molecule has 1 aliphatic rings. The summed E-state index contributed by atoms with van der Waals surface area (Å²) in [6, 6.07) is 23.3. The fourth-order valence-corrected chi connectivity index (χ4v) is 4.37. The number of nitrogens with zero attached hydrogens (tertiary/aromatic N) is 1. The van der Waals surface area contributed by atoms with Crippen LogP contribution in [-0.4, -0.2) is 29.2 Å². The molecule has 0 saturated heterocycles. The summed E-state index contributed by atoms with van der Waals surface area (Å²) in [6.07, 6.45) is 3.34. The largest absolute Gasteiger partial charge is 0.477 e. The summed E-state index contributed by atoms with van der Waals surface area (Å²) in [7, 11) is 0. The number of aryl methyl sites for hydroxylation is 1. The molecule has 0 aromatic heterocycles. The van der Waals surface area contributed by atoms with Crippen LogP contribution in [0, 0.1) is 5.41 Å². The van der Waals surface area contributed by atoms with Crippen LogP contribution >= 0.6 is 0 Å². The summed E-state index contributed by atoms with van der Waals surface area (Å²) < 4.78 is 0. The number of hydrogen-bond donors (Lipinski definition) is 3. The molecule has 0 spiro atoms. The van der Waals surface area contributed by atoms with Gasteiger partial charge in [-0.25, -0.2) is 4.79 Å². The van der Waals surface area contributed by atoms with Gasteiger partial charge in [-0.05, 0) is 77.4 Å². The van der Waals surface area contributed by atoms with Crippen molar-refractivity contribution >= 4 is 40.7 Å². The van der Waals surface area contributed by atoms with Crippen LogP contribution in [0.4, 0.5) is 17.1 Å². The van der Waals surface area contributed by atoms with Crippen molar-refractivity contribution in [2.24, 2.45) is 0 Å². The van der Waals surface area contributed by atoms with Crippen LogP contribution in [-0.2, 0) is 21.4 Å². The molecule has 0 fully saturated rings. The summed E-state index contributed by atoms with van der Waals surface area (Å²) in [5.41, 5.74) is 5.00. The minimum Gasteiger partial charge on any atom is -0.477 e. The fourth-order valence-electron chi connectivity index (χ4n) is 4.37. The summed E-state index contributed by atoms with van der Waals surface area (Å²) in [4.78, 5) is 26.7. The highest BCUT2D eigenvalue weighted by molar-refractivity contribution is 6.50. The van der Waals surface area contributed by atoms with Crippen LogP contribution < -0.4 is 10.2 Å². The summed E-state index contributed by atoms with van der Waals surface area (Å²) >= 11 is 0. The Labute approximate surface area is 211 Å². The van der Waals surface area contributed by atoms with E-state index in [-0.39, 0.29) is 11.0 Å². The van der Waals surface area contributed by atoms with E-state index in [4.69, 9.17) is 5.41 Å². The standard InChI is InChI=1S/C30H31N3O3/c1-30(2,3)22-12-14-24(15-13-22)33-17-7-8-21-18-20(11-16-26(21)33)19-25(27(31)29(35)36)28(34)32-23-9-5-4-6-10-23/h4-6,9-16,18-19,31H,7-8,17H2,1-3H3,(H,32,34)(H,35,36)/b25-19-,31-27?. The molecule has 0 saturated carbocycles. The van der Waals surface area contributed by atoms with Gasteiger partial charge in [0.15, 0.2) is 5.71 Å². The van der Waals surface area contributed by atoms with Crippen molar-refractivity contribution in [3.05, 3.63) is 95.1 Å². The Morgan fingerprint density at radius 3 is 2.33 bits per heavy atom. The van der Waals surface area contributed by atoms with Gasteiger partial charge < -0.3 is 15.3 Å². The van der Waals surface area contributed by atoms with E-state index < -0.39 is 17.6 Å². The quantitative estimate of drug-likeness (QED) is 0.289. The van der Waals surface area contributed by atoms with Gasteiger partial charge in [0.2, 0.25) is 0 Å². The molecule has 1 aliphatic heterocycles. The highest BCUT2D eigenvalue weighted by atomic mass is 16.4. The van der Waals surface area contributed by atoms with Crippen molar-refractivity contribution in [1.82, 2.24) is 0 Å². The molecular formula is C30H31N3O3. The molecule has 3 N–H and O–H groups in total. The maximum atomic E-state index is 12.9. The van der Waals surface area contributed by atoms with Gasteiger partial charge in [-0.3, -0.25) is 10.2 Å². The van der Waals surface area contributed by atoms with Crippen molar-refractivity contribution in [2.45, 2.75) is 39.0 Å². The van der Waals surface area contributed by atoms with Crippen molar-refractivity contribution in [3.63, 3.8) is 0 Å². The van der Waals surface area contributed by atoms with Crippen molar-refractivity contribution in [1.29, 1.82) is 5.41 Å². The zero-order valence-corrected chi connectivity index (χ0v) is 20.8. The number of nitrogens with one attached hydrogen (secondary N) is 2. The molecule has 36 heavy (non-hydrogen) atoms. The Balaban J connectivity index is 1.64. The Bertz CT molecular complexity index is 1320. The summed E-state index contributed by atoms with van der Waals surface area (Å²) in [5, 5.41) is 20.1. The molecule has 1 heterocycles. The zero-order valence-electron chi connectivity index (χ0n) is 20.8. The SMILES string of the molecule is CC(C)(C)c1ccc(N2CCCc3cc(/C=C(/C(=N)C(=O)O)C(=O)Nc4ccccc4)ccc32)cc1. The first-order chi connectivity index (χ1) is 17.1. The number of aliphatic carboxylic acids is 1. The molecule has 4 rings (SSSR count). The number of hydrogen-bond acceptors (Lipinski definition) is 4. The molecular weight excluding hydrogens is 450 g/mol. The molecule has 0 radical (unpaired) electrons. The lowest BCUT2D eigenvalue weighted by Crippen LogP contribution is -2.25. The molecule has 184 valence electrons. The first-order valence-electron chi connectivity index (χ1n) is 12.0. The molecule has 6 heteroatoms. The average molecular weight is 482 g/mol. The summed E-state index contributed by atoms with van der Waals surface area (Å²) in [6.45, 7) is 7.51. The molecule has 0 aliphatic carbocycles. The molecule has 3 aromatic rings. The molecule has 1 amide bonds. The van der Waals surface area contributed by atoms with Gasteiger partial charge in [0.25, 0.3) is 5.91 Å². The first-order valence-corrected chi connectivity index (χ1v) is 12.0. The smallest absolute Gasteiger partial charge is 0.354 e. The molecule has 0 unspecified atom stereocenters. The van der Waals surface area contributed by atoms with Crippen LogP contribution in [0.3, 0.4) is 0 Å². The highest BCUT2D eigenvalue weighted by Gasteiger charge is 2.23. The zero-order chi connectivity index (χ0) is 25.9. The van der Waals surface area contributed by atoms with E-state index in [1.165, 1.54) is 11.6 Å². The number of carboxylic acid groups (broad SMARTS) is 1. The molecule has 6 nitrogen and oxygen atoms in total. The predicted octanol–water partition coefficient (Wildman–Crippen LogP) is 6.19. The van der Waals surface area contributed by atoms with Gasteiger partial charge in [-0.2, -0.15) is 0 Å². The molecule has 3 aromatic carbocycles. The molecule has 0 bridgehead atoms. The fraction of sp³-hybridized carbons (Fsp3) is 0.233. The van der Waals surface area contributed by atoms with Crippen molar-refractivity contribution in [3.8, 4) is 0 Å². The van der Waals surface area contributed by atoms with E-state index in [1.807, 2.05) is 24.3 Å². The number of amides is 1. The number of para-hydroxylation sites is 1. The number of carbonyl (C=O) groups excluding carboxylic acids is 1. The van der Waals surface area contributed by atoms with Crippen molar-refractivity contribution < 1.29 is 14.7 Å². The Hall–Kier alpha value is -4.19. The van der Waals surface area contributed by atoms with E-state index in [0.717, 1.165) is 36.3 Å². The van der Waals surface area contributed by atoms with E-state index in [9.17, 15) is 14.7 Å². The van der Waals surface area contributed by atoms with Gasteiger partial charge in [0.05, 0.1) is 5.57 Å². The number of carboxylic acids is 1. The second-order valence-corrected chi connectivity index (χ2v) is 10.00. The second-order valence-electron chi connectivity index (χ2n) is 10.00. The average Bonchev–Trinajstić information content (AvgIpc) is 2.86. The lowest BCUT2D eigenvalue weighted by molar-refractivity contribution is -0.129. The van der Waals surface area contributed by atoms with E-state index in [0.29, 0.717) is 11.3 Å². The minimum absolute atomic E-state index is 0.0910. The third-order valence-electron chi connectivity index (χ3n) is 6.34. The van der Waals surface area contributed by atoms with Gasteiger partial charge >= 0.3 is 5.97 Å². The Kier molecular flexibility index (Phi) is 7.06. The Morgan fingerprint density at radius 1 is 1.00 bits per heavy atom. The molecule has 0 atom stereocenters. The van der Waals surface area contributed by atoms with E-state index >= 15 is 0 Å². The normalized spacial score (nSPS) is 13.6. The lowest BCUT2D eigenvalue weighted by Gasteiger charge is -2.32. The van der Waals surface area contributed by atoms with E-state index in [1.54, 1.807) is 24.3 Å². The third kappa shape index (κ3) is 5.54. The van der Waals surface area contributed by atoms with Gasteiger partial charge in [-0.1, -0.05) is 57.2 Å². The van der Waals surface area contributed by atoms with Crippen LogP contribution in [0.5, 0.6) is 0 Å². The van der Waals surface area contributed by atoms with Crippen molar-refractivity contribution in [2.75, 3.05) is 16.8 Å². The van der Waals surface area contributed by atoms with Crippen LogP contribution in [0.2, 0.25) is 0 Å². The summed E-state index contributed by atoms with van der Waals surface area (Å²) in [5.74, 6) is -2.08. The first kappa shape index (κ1) is 24.9. The van der Waals surface area contributed by atoms with Gasteiger partial charge in [-0.15, -0.1) is 0 Å². The predicted molar refractivity (Wildman–Crippen MR) is 145 cm³/mol. The maximum Gasteiger partial charge on any atom is 0.354 e. The van der Waals surface area contributed by atoms with Gasteiger partial charge in [0.1, 0.15) is 0 Å². The monoisotopic (exact) mass is 481 g/mol. The second kappa shape index (κ2) is 10.2. The van der Waals surface area contributed by atoms with Gasteiger partial charge in [0, 0.05) is 23.6 Å². The Morgan fingerprint density at radius 2 is 1.69 bits per heavy atom. The highest BCUT2D eigenvalue weighted by Crippen LogP contribution is 2.35. The van der Waals surface area contributed by atoms with Crippen LogP contribution in [0.15, 0.2) is 78.4 Å². The number of anilines is 3. The number of carbonyl (C=O) groups is 2. The number of rotatable bonds is 6. The maximum absolute atomic E-state index is 12.9. The van der Waals surface area contributed by atoms with Crippen LogP contribution in [0.1, 0.15) is 43.9 Å². The number of fused-ring (bicyclic) bond motifs is 1. The lowest BCUT2D eigenvalue weighted by atomic mass is 9.87.